The molecular formula is C19H13ClN2O3. The Bertz CT molecular complexity index is 1010. The summed E-state index contributed by atoms with van der Waals surface area (Å²) in [6.07, 6.45) is 0.247. The fourth-order valence-electron chi connectivity index (χ4n) is 2.66. The van der Waals surface area contributed by atoms with Crippen LogP contribution in [0, 0.1) is 0 Å². The van der Waals surface area contributed by atoms with Crippen LogP contribution < -0.4 is 11.1 Å². The van der Waals surface area contributed by atoms with Crippen LogP contribution in [-0.4, -0.2) is 18.0 Å². The van der Waals surface area contributed by atoms with Gasteiger partial charge in [-0.2, -0.15) is 0 Å². The van der Waals surface area contributed by atoms with Crippen molar-refractivity contribution in [3.05, 3.63) is 70.7 Å². The zero-order valence-electron chi connectivity index (χ0n) is 13.0. The Balaban J connectivity index is 2.15. The lowest BCUT2D eigenvalue weighted by Gasteiger charge is -2.14. The van der Waals surface area contributed by atoms with Crippen LogP contribution in [0.5, 0.6) is 0 Å². The van der Waals surface area contributed by atoms with Gasteiger partial charge in [-0.15, -0.1) is 0 Å². The van der Waals surface area contributed by atoms with Crippen LogP contribution in [-0.2, 0) is 4.79 Å². The summed E-state index contributed by atoms with van der Waals surface area (Å²) in [4.78, 5) is 34.2. The average molecular weight is 353 g/mol. The number of primary amides is 1. The number of halogens is 1. The molecule has 0 atom stereocenters. The fraction of sp³-hybridized carbons (Fsp3) is 0. The van der Waals surface area contributed by atoms with Crippen molar-refractivity contribution in [2.75, 3.05) is 5.32 Å². The molecule has 0 aliphatic carbocycles. The Hall–Kier alpha value is -3.18. The summed E-state index contributed by atoms with van der Waals surface area (Å²) in [5.41, 5.74) is 7.13. The van der Waals surface area contributed by atoms with Crippen molar-refractivity contribution in [2.45, 2.75) is 0 Å². The highest BCUT2D eigenvalue weighted by atomic mass is 35.5. The molecule has 0 saturated carbocycles. The fourth-order valence-corrected chi connectivity index (χ4v) is 2.96. The topological polar surface area (TPSA) is 89.3 Å². The molecule has 3 rings (SSSR count). The quantitative estimate of drug-likeness (QED) is 0.416. The minimum absolute atomic E-state index is 0.170. The summed E-state index contributed by atoms with van der Waals surface area (Å²) in [5, 5.41) is 4.64. The molecule has 0 saturated heterocycles. The molecule has 5 nitrogen and oxygen atoms in total. The molecule has 6 heteroatoms. The predicted molar refractivity (Wildman–Crippen MR) is 97.6 cm³/mol. The van der Waals surface area contributed by atoms with E-state index < -0.39 is 11.7 Å². The summed E-state index contributed by atoms with van der Waals surface area (Å²) in [7, 11) is 0. The first kappa shape index (κ1) is 16.7. The van der Waals surface area contributed by atoms with Crippen LogP contribution in [0.1, 0.15) is 20.7 Å². The SMILES string of the molecule is NC(=O)c1cccc(Nc2cc(Cl)c(C(=O)C=O)c3ccccc23)c1. The third-order valence-corrected chi connectivity index (χ3v) is 4.07. The number of hydrogen-bond acceptors (Lipinski definition) is 4. The van der Waals surface area contributed by atoms with E-state index in [-0.39, 0.29) is 16.9 Å². The molecule has 0 aromatic heterocycles. The minimum Gasteiger partial charge on any atom is -0.366 e. The summed E-state index contributed by atoms with van der Waals surface area (Å²) in [6, 6.07) is 15.4. The van der Waals surface area contributed by atoms with Crippen LogP contribution in [0.3, 0.4) is 0 Å². The standard InChI is InChI=1S/C19H13ClN2O3/c20-15-9-16(22-12-5-3-4-11(8-12)19(21)25)13-6-1-2-7-14(13)18(15)17(24)10-23/h1-10,22H,(H2,21,25). The van der Waals surface area contributed by atoms with Gasteiger partial charge in [-0.25, -0.2) is 0 Å². The minimum atomic E-state index is -0.677. The highest BCUT2D eigenvalue weighted by Gasteiger charge is 2.16. The third kappa shape index (κ3) is 3.22. The van der Waals surface area contributed by atoms with Crippen LogP contribution in [0.15, 0.2) is 54.6 Å². The zero-order valence-corrected chi connectivity index (χ0v) is 13.7. The van der Waals surface area contributed by atoms with Crippen LogP contribution in [0.2, 0.25) is 5.02 Å². The molecule has 0 spiro atoms. The second kappa shape index (κ2) is 6.75. The highest BCUT2D eigenvalue weighted by Crippen LogP contribution is 2.34. The molecule has 0 aliphatic rings. The third-order valence-electron chi connectivity index (χ3n) is 3.78. The molecule has 0 unspecified atom stereocenters. The smallest absolute Gasteiger partial charge is 0.248 e. The normalized spacial score (nSPS) is 10.4. The van der Waals surface area contributed by atoms with Gasteiger partial charge in [0.25, 0.3) is 0 Å². The van der Waals surface area contributed by atoms with Gasteiger partial charge in [0.1, 0.15) is 0 Å². The second-order valence-electron chi connectivity index (χ2n) is 5.38. The van der Waals surface area contributed by atoms with Gasteiger partial charge in [-0.3, -0.25) is 14.4 Å². The number of fused-ring (bicyclic) bond motifs is 1. The maximum absolute atomic E-state index is 11.9. The molecule has 0 heterocycles. The number of amides is 1. The van der Waals surface area contributed by atoms with E-state index in [0.717, 1.165) is 5.39 Å². The van der Waals surface area contributed by atoms with E-state index in [9.17, 15) is 14.4 Å². The number of Topliss-reactive ketones (excluding diaryl/α,β-unsaturated/α-hetero) is 1. The summed E-state index contributed by atoms with van der Waals surface area (Å²) >= 11 is 6.24. The maximum atomic E-state index is 11.9. The van der Waals surface area contributed by atoms with Crippen LogP contribution in [0.25, 0.3) is 10.8 Å². The molecule has 0 fully saturated rings. The first-order valence-electron chi connectivity index (χ1n) is 7.39. The summed E-state index contributed by atoms with van der Waals surface area (Å²) in [5.74, 6) is -1.21. The van der Waals surface area contributed by atoms with E-state index in [1.54, 1.807) is 42.5 Å². The lowest BCUT2D eigenvalue weighted by molar-refractivity contribution is -0.104. The Morgan fingerprint density at radius 2 is 1.72 bits per heavy atom. The number of nitrogens with one attached hydrogen (secondary N) is 1. The van der Waals surface area contributed by atoms with Crippen molar-refractivity contribution in [1.29, 1.82) is 0 Å². The number of benzene rings is 3. The number of nitrogens with two attached hydrogens (primary N) is 1. The Morgan fingerprint density at radius 1 is 1.00 bits per heavy atom. The average Bonchev–Trinajstić information content (AvgIpc) is 2.61. The molecule has 0 bridgehead atoms. The van der Waals surface area contributed by atoms with Crippen LogP contribution in [0.4, 0.5) is 11.4 Å². The van der Waals surface area contributed by atoms with Gasteiger partial charge in [0.2, 0.25) is 11.7 Å². The van der Waals surface area contributed by atoms with Gasteiger partial charge in [0, 0.05) is 22.3 Å². The molecule has 1 amide bonds. The summed E-state index contributed by atoms with van der Waals surface area (Å²) in [6.45, 7) is 0. The predicted octanol–water partition coefficient (Wildman–Crippen LogP) is 3.72. The van der Waals surface area contributed by atoms with E-state index in [1.807, 2.05) is 12.1 Å². The monoisotopic (exact) mass is 352 g/mol. The molecule has 0 aliphatic heterocycles. The van der Waals surface area contributed by atoms with Crippen LogP contribution >= 0.6 is 11.6 Å². The van der Waals surface area contributed by atoms with Gasteiger partial charge in [-0.1, -0.05) is 41.9 Å². The van der Waals surface area contributed by atoms with E-state index in [2.05, 4.69) is 5.32 Å². The molecule has 3 aromatic rings. The van der Waals surface area contributed by atoms with E-state index in [0.29, 0.717) is 22.3 Å². The van der Waals surface area contributed by atoms with Gasteiger partial charge in [0.05, 0.1) is 10.6 Å². The highest BCUT2D eigenvalue weighted by molar-refractivity contribution is 6.44. The van der Waals surface area contributed by atoms with E-state index in [1.165, 1.54) is 0 Å². The number of carbonyl (C=O) groups is 3. The molecule has 3 N–H and O–H groups in total. The largest absolute Gasteiger partial charge is 0.366 e. The first-order chi connectivity index (χ1) is 12.0. The molecular weight excluding hydrogens is 340 g/mol. The molecule has 124 valence electrons. The number of carbonyl (C=O) groups excluding carboxylic acids is 3. The van der Waals surface area contributed by atoms with Gasteiger partial charge >= 0.3 is 0 Å². The number of anilines is 2. The molecule has 3 aromatic carbocycles. The summed E-state index contributed by atoms with van der Waals surface area (Å²) < 4.78 is 0. The van der Waals surface area contributed by atoms with Crippen molar-refractivity contribution in [3.8, 4) is 0 Å². The second-order valence-corrected chi connectivity index (χ2v) is 5.79. The Kier molecular flexibility index (Phi) is 4.50. The lowest BCUT2D eigenvalue weighted by Crippen LogP contribution is -2.10. The molecule has 25 heavy (non-hydrogen) atoms. The molecule has 0 radical (unpaired) electrons. The van der Waals surface area contributed by atoms with Gasteiger partial charge in [-0.05, 0) is 29.7 Å². The van der Waals surface area contributed by atoms with E-state index >= 15 is 0 Å². The Morgan fingerprint density at radius 3 is 2.40 bits per heavy atom. The number of aldehydes is 1. The first-order valence-corrected chi connectivity index (χ1v) is 7.76. The number of hydrogen-bond donors (Lipinski definition) is 2. The van der Waals surface area contributed by atoms with Crippen molar-refractivity contribution in [2.24, 2.45) is 5.73 Å². The number of rotatable bonds is 5. The maximum Gasteiger partial charge on any atom is 0.248 e. The van der Waals surface area contributed by atoms with Crippen molar-refractivity contribution < 1.29 is 14.4 Å². The van der Waals surface area contributed by atoms with Gasteiger partial charge < -0.3 is 11.1 Å². The lowest BCUT2D eigenvalue weighted by atomic mass is 10.00. The zero-order chi connectivity index (χ0) is 18.0. The van der Waals surface area contributed by atoms with Crippen molar-refractivity contribution in [1.82, 2.24) is 0 Å². The number of ketones is 1. The van der Waals surface area contributed by atoms with Crippen molar-refractivity contribution >= 4 is 51.7 Å². The van der Waals surface area contributed by atoms with Crippen molar-refractivity contribution in [3.63, 3.8) is 0 Å². The Labute approximate surface area is 148 Å². The van der Waals surface area contributed by atoms with E-state index in [4.69, 9.17) is 17.3 Å². The van der Waals surface area contributed by atoms with Gasteiger partial charge in [0.15, 0.2) is 6.29 Å².